The van der Waals surface area contributed by atoms with Crippen molar-refractivity contribution in [2.24, 2.45) is 5.92 Å². The van der Waals surface area contributed by atoms with Crippen LogP contribution in [0.3, 0.4) is 0 Å². The van der Waals surface area contributed by atoms with Gasteiger partial charge in [-0.25, -0.2) is 0 Å². The van der Waals surface area contributed by atoms with Crippen LogP contribution in [0, 0.1) is 5.92 Å². The summed E-state index contributed by atoms with van der Waals surface area (Å²) in [6.07, 6.45) is 11.4. The zero-order valence-corrected chi connectivity index (χ0v) is 12.5. The van der Waals surface area contributed by atoms with Gasteiger partial charge in [-0.3, -0.25) is 4.90 Å². The van der Waals surface area contributed by atoms with Gasteiger partial charge in [0.25, 0.3) is 0 Å². The van der Waals surface area contributed by atoms with Crippen LogP contribution >= 0.6 is 0 Å². The monoisotopic (exact) mass is 252 g/mol. The molecule has 2 heteroatoms. The molecule has 2 rings (SSSR count). The lowest BCUT2D eigenvalue weighted by Gasteiger charge is -2.40. The van der Waals surface area contributed by atoms with Crippen LogP contribution in [0.15, 0.2) is 0 Å². The van der Waals surface area contributed by atoms with Crippen molar-refractivity contribution in [3.8, 4) is 0 Å². The van der Waals surface area contributed by atoms with Crippen molar-refractivity contribution in [3.05, 3.63) is 0 Å². The fourth-order valence-electron chi connectivity index (χ4n) is 4.02. The van der Waals surface area contributed by atoms with Crippen LogP contribution in [-0.4, -0.2) is 36.6 Å². The van der Waals surface area contributed by atoms with Gasteiger partial charge in [-0.2, -0.15) is 0 Å². The number of hydrogen-bond donors (Lipinski definition) is 1. The van der Waals surface area contributed by atoms with Gasteiger partial charge in [0, 0.05) is 18.6 Å². The second-order valence-corrected chi connectivity index (χ2v) is 6.35. The van der Waals surface area contributed by atoms with Gasteiger partial charge in [-0.15, -0.1) is 0 Å². The molecule has 1 heterocycles. The maximum Gasteiger partial charge on any atom is 0.0235 e. The molecule has 1 aliphatic heterocycles. The van der Waals surface area contributed by atoms with E-state index in [1.165, 1.54) is 71.0 Å². The minimum absolute atomic E-state index is 0.831. The van der Waals surface area contributed by atoms with Crippen molar-refractivity contribution in [1.29, 1.82) is 0 Å². The molecule has 106 valence electrons. The van der Waals surface area contributed by atoms with Crippen LogP contribution in [0.2, 0.25) is 0 Å². The maximum absolute atomic E-state index is 3.54. The molecular formula is C16H32N2. The van der Waals surface area contributed by atoms with Crippen LogP contribution < -0.4 is 5.32 Å². The minimum atomic E-state index is 0.831. The van der Waals surface area contributed by atoms with Crippen LogP contribution in [0.5, 0.6) is 0 Å². The van der Waals surface area contributed by atoms with Gasteiger partial charge in [0.2, 0.25) is 0 Å². The molecule has 18 heavy (non-hydrogen) atoms. The van der Waals surface area contributed by atoms with Crippen molar-refractivity contribution in [3.63, 3.8) is 0 Å². The summed E-state index contributed by atoms with van der Waals surface area (Å²) in [5.74, 6) is 1.04. The molecule has 2 fully saturated rings. The molecule has 1 N–H and O–H groups in total. The summed E-state index contributed by atoms with van der Waals surface area (Å²) >= 11 is 0. The molecule has 2 aliphatic rings. The molecule has 0 aromatic rings. The third-order valence-electron chi connectivity index (χ3n) is 4.97. The molecule has 1 saturated carbocycles. The average Bonchev–Trinajstić information content (AvgIpc) is 2.91. The first-order valence-corrected chi connectivity index (χ1v) is 8.31. The lowest BCUT2D eigenvalue weighted by molar-refractivity contribution is 0.0962. The smallest absolute Gasteiger partial charge is 0.0235 e. The zero-order chi connectivity index (χ0) is 12.8. The second kappa shape index (κ2) is 7.49. The molecule has 0 radical (unpaired) electrons. The van der Waals surface area contributed by atoms with E-state index < -0.39 is 0 Å². The van der Waals surface area contributed by atoms with Gasteiger partial charge in [0.15, 0.2) is 0 Å². The van der Waals surface area contributed by atoms with E-state index in [1.54, 1.807) is 0 Å². The number of hydrogen-bond acceptors (Lipinski definition) is 2. The number of nitrogens with one attached hydrogen (secondary N) is 1. The van der Waals surface area contributed by atoms with Crippen molar-refractivity contribution < 1.29 is 0 Å². The molecule has 0 aromatic carbocycles. The van der Waals surface area contributed by atoms with E-state index in [0.717, 1.165) is 18.0 Å². The minimum Gasteiger partial charge on any atom is -0.315 e. The van der Waals surface area contributed by atoms with Crippen molar-refractivity contribution >= 4 is 0 Å². The van der Waals surface area contributed by atoms with Crippen molar-refractivity contribution in [1.82, 2.24) is 10.2 Å². The highest BCUT2D eigenvalue weighted by Gasteiger charge is 2.30. The van der Waals surface area contributed by atoms with E-state index in [1.807, 2.05) is 0 Å². The van der Waals surface area contributed by atoms with E-state index in [0.29, 0.717) is 0 Å². The Balaban J connectivity index is 1.83. The van der Waals surface area contributed by atoms with Crippen LogP contribution in [0.4, 0.5) is 0 Å². The fraction of sp³-hybridized carbons (Fsp3) is 1.00. The first kappa shape index (κ1) is 14.3. The highest BCUT2D eigenvalue weighted by Crippen LogP contribution is 2.32. The lowest BCUT2D eigenvalue weighted by Crippen LogP contribution is -2.46. The molecule has 1 aliphatic carbocycles. The van der Waals surface area contributed by atoms with Gasteiger partial charge in [0.05, 0.1) is 0 Å². The molecule has 0 spiro atoms. The summed E-state index contributed by atoms with van der Waals surface area (Å²) in [5, 5.41) is 3.54. The van der Waals surface area contributed by atoms with E-state index >= 15 is 0 Å². The van der Waals surface area contributed by atoms with E-state index in [-0.39, 0.29) is 0 Å². The topological polar surface area (TPSA) is 15.3 Å². The largest absolute Gasteiger partial charge is 0.315 e. The Morgan fingerprint density at radius 3 is 2.28 bits per heavy atom. The third kappa shape index (κ3) is 3.71. The van der Waals surface area contributed by atoms with Crippen LogP contribution in [-0.2, 0) is 0 Å². The van der Waals surface area contributed by atoms with E-state index in [2.05, 4.69) is 24.1 Å². The Hall–Kier alpha value is -0.0800. The van der Waals surface area contributed by atoms with Gasteiger partial charge >= 0.3 is 0 Å². The Kier molecular flexibility index (Phi) is 5.97. The fourth-order valence-corrected chi connectivity index (χ4v) is 4.02. The predicted molar refractivity (Wildman–Crippen MR) is 78.9 cm³/mol. The molecule has 1 atom stereocenters. The van der Waals surface area contributed by atoms with Crippen molar-refractivity contribution in [2.45, 2.75) is 77.3 Å². The molecule has 1 unspecified atom stereocenters. The summed E-state index contributed by atoms with van der Waals surface area (Å²) in [6.45, 7) is 8.44. The average molecular weight is 252 g/mol. The summed E-state index contributed by atoms with van der Waals surface area (Å²) in [7, 11) is 0. The SMILES string of the molecule is CCCC1CCC(N(CCC)C2CCNC2)CC1. The van der Waals surface area contributed by atoms with Crippen LogP contribution in [0.1, 0.15) is 65.2 Å². The Morgan fingerprint density at radius 1 is 0.944 bits per heavy atom. The molecule has 0 aromatic heterocycles. The van der Waals surface area contributed by atoms with E-state index in [4.69, 9.17) is 0 Å². The molecule has 0 bridgehead atoms. The summed E-state index contributed by atoms with van der Waals surface area (Å²) in [4.78, 5) is 2.85. The van der Waals surface area contributed by atoms with Crippen molar-refractivity contribution in [2.75, 3.05) is 19.6 Å². The molecular weight excluding hydrogens is 220 g/mol. The highest BCUT2D eigenvalue weighted by atomic mass is 15.2. The Morgan fingerprint density at radius 2 is 1.72 bits per heavy atom. The normalized spacial score (nSPS) is 33.2. The lowest BCUT2D eigenvalue weighted by atomic mass is 9.82. The first-order valence-electron chi connectivity index (χ1n) is 8.31. The quantitative estimate of drug-likeness (QED) is 0.779. The standard InChI is InChI=1S/C16H32N2/c1-3-5-14-6-8-15(9-7-14)18(12-4-2)16-10-11-17-13-16/h14-17H,3-13H2,1-2H3. The molecule has 0 amide bonds. The summed E-state index contributed by atoms with van der Waals surface area (Å²) < 4.78 is 0. The number of nitrogens with zero attached hydrogens (tertiary/aromatic N) is 1. The van der Waals surface area contributed by atoms with Gasteiger partial charge < -0.3 is 5.32 Å². The Labute approximate surface area is 114 Å². The summed E-state index contributed by atoms with van der Waals surface area (Å²) in [6, 6.07) is 1.72. The molecule has 1 saturated heterocycles. The van der Waals surface area contributed by atoms with Crippen LogP contribution in [0.25, 0.3) is 0 Å². The maximum atomic E-state index is 3.54. The predicted octanol–water partition coefficient (Wildman–Crippen LogP) is 3.42. The highest BCUT2D eigenvalue weighted by molar-refractivity contribution is 4.87. The number of rotatable bonds is 6. The Bertz CT molecular complexity index is 215. The molecule has 2 nitrogen and oxygen atoms in total. The van der Waals surface area contributed by atoms with E-state index in [9.17, 15) is 0 Å². The zero-order valence-electron chi connectivity index (χ0n) is 12.5. The van der Waals surface area contributed by atoms with Gasteiger partial charge in [-0.05, 0) is 57.5 Å². The van der Waals surface area contributed by atoms with Gasteiger partial charge in [0.1, 0.15) is 0 Å². The van der Waals surface area contributed by atoms with Gasteiger partial charge in [-0.1, -0.05) is 26.7 Å². The summed E-state index contributed by atoms with van der Waals surface area (Å²) in [5.41, 5.74) is 0. The second-order valence-electron chi connectivity index (χ2n) is 6.35. The third-order valence-corrected chi connectivity index (χ3v) is 4.97. The first-order chi connectivity index (χ1) is 8.85.